The van der Waals surface area contributed by atoms with Gasteiger partial charge in [-0.05, 0) is 33.3 Å². The van der Waals surface area contributed by atoms with Crippen molar-refractivity contribution in [3.05, 3.63) is 22.4 Å². The van der Waals surface area contributed by atoms with Crippen LogP contribution in [-0.2, 0) is 6.54 Å². The second-order valence-electron chi connectivity index (χ2n) is 6.10. The number of halogens is 2. The maximum atomic E-state index is 13.5. The number of nitrogens with zero attached hydrogens (tertiary/aromatic N) is 2. The summed E-state index contributed by atoms with van der Waals surface area (Å²) in [5.74, 6) is 0.542. The highest BCUT2D eigenvalue weighted by Gasteiger charge is 2.22. The molecule has 5 heteroatoms. The van der Waals surface area contributed by atoms with Crippen LogP contribution in [0.4, 0.5) is 10.3 Å². The van der Waals surface area contributed by atoms with E-state index in [2.05, 4.69) is 48.6 Å². The summed E-state index contributed by atoms with van der Waals surface area (Å²) < 4.78 is 15.9. The second-order valence-corrected chi connectivity index (χ2v) is 6.96. The number of aromatic nitrogens is 2. The normalized spacial score (nSPS) is 14.0. The number of nitrogens with two attached hydrogens (primary N) is 1. The summed E-state index contributed by atoms with van der Waals surface area (Å²) in [5, 5.41) is 0. The van der Waals surface area contributed by atoms with E-state index in [9.17, 15) is 4.39 Å². The molecule has 1 aromatic carbocycles. The summed E-state index contributed by atoms with van der Waals surface area (Å²) in [7, 11) is 0. The monoisotopic (exact) mass is 327 g/mol. The van der Waals surface area contributed by atoms with Crippen molar-refractivity contribution in [3.8, 4) is 0 Å². The van der Waals surface area contributed by atoms with E-state index in [-0.39, 0.29) is 11.2 Å². The molecule has 0 amide bonds. The summed E-state index contributed by atoms with van der Waals surface area (Å²) in [4.78, 5) is 4.23. The van der Waals surface area contributed by atoms with Gasteiger partial charge >= 0.3 is 0 Å². The van der Waals surface area contributed by atoms with E-state index >= 15 is 0 Å². The zero-order valence-corrected chi connectivity index (χ0v) is 13.3. The van der Waals surface area contributed by atoms with Crippen LogP contribution < -0.4 is 5.73 Å². The highest BCUT2D eigenvalue weighted by atomic mass is 79.9. The quantitative estimate of drug-likeness (QED) is 0.898. The minimum absolute atomic E-state index is 0.181. The van der Waals surface area contributed by atoms with Gasteiger partial charge in [-0.15, -0.1) is 0 Å². The van der Waals surface area contributed by atoms with Crippen LogP contribution in [0.2, 0.25) is 0 Å². The molecule has 1 aromatic heterocycles. The Balaban J connectivity index is 2.49. The molecule has 104 valence electrons. The first-order valence-electron chi connectivity index (χ1n) is 6.31. The fraction of sp³-hybridized carbons (Fsp3) is 0.500. The second kappa shape index (κ2) is 4.78. The van der Waals surface area contributed by atoms with Gasteiger partial charge in [0.1, 0.15) is 5.82 Å². The lowest BCUT2D eigenvalue weighted by molar-refractivity contribution is 0.236. The molecule has 3 nitrogen and oxygen atoms in total. The Morgan fingerprint density at radius 2 is 2.05 bits per heavy atom. The fourth-order valence-electron chi connectivity index (χ4n) is 1.88. The molecule has 0 bridgehead atoms. The first-order chi connectivity index (χ1) is 8.70. The summed E-state index contributed by atoms with van der Waals surface area (Å²) in [6.45, 7) is 9.54. The van der Waals surface area contributed by atoms with Crippen LogP contribution in [0.25, 0.3) is 11.0 Å². The number of imidazole rings is 1. The molecule has 0 spiro atoms. The molecule has 2 rings (SSSR count). The molecule has 0 fully saturated rings. The number of nitrogen functional groups attached to an aromatic ring is 1. The minimum Gasteiger partial charge on any atom is -0.369 e. The maximum Gasteiger partial charge on any atom is 0.201 e. The Morgan fingerprint density at radius 1 is 1.42 bits per heavy atom. The van der Waals surface area contributed by atoms with Crippen molar-refractivity contribution >= 4 is 32.9 Å². The molecule has 2 aromatic rings. The Bertz CT molecular complexity index is 613. The lowest BCUT2D eigenvalue weighted by Gasteiger charge is -2.28. The highest BCUT2D eigenvalue weighted by Crippen LogP contribution is 2.30. The van der Waals surface area contributed by atoms with Crippen LogP contribution >= 0.6 is 15.9 Å². The maximum absolute atomic E-state index is 13.5. The standard InChI is InChI=1S/C14H19BrFN3/c1-8(14(2,3)4)7-19-12-5-9(15)10(16)6-11(12)18-13(19)17/h5-6,8H,7H2,1-4H3,(H2,17,18). The van der Waals surface area contributed by atoms with Crippen LogP contribution in [0.15, 0.2) is 16.6 Å². The van der Waals surface area contributed by atoms with Crippen molar-refractivity contribution in [1.82, 2.24) is 9.55 Å². The summed E-state index contributed by atoms with van der Waals surface area (Å²) in [5.41, 5.74) is 7.60. The van der Waals surface area contributed by atoms with Gasteiger partial charge in [0.15, 0.2) is 0 Å². The molecule has 0 saturated carbocycles. The number of fused-ring (bicyclic) bond motifs is 1. The molecule has 0 aliphatic heterocycles. The van der Waals surface area contributed by atoms with Crippen molar-refractivity contribution < 1.29 is 4.39 Å². The lowest BCUT2D eigenvalue weighted by Crippen LogP contribution is -2.23. The van der Waals surface area contributed by atoms with Crippen LogP contribution in [0.3, 0.4) is 0 Å². The van der Waals surface area contributed by atoms with Gasteiger partial charge in [0.05, 0.1) is 15.5 Å². The minimum atomic E-state index is -0.319. The molecule has 0 aliphatic carbocycles. The molecule has 1 unspecified atom stereocenters. The van der Waals surface area contributed by atoms with Crippen LogP contribution in [-0.4, -0.2) is 9.55 Å². The Hall–Kier alpha value is -1.10. The zero-order chi connectivity index (χ0) is 14.4. The fourth-order valence-corrected chi connectivity index (χ4v) is 2.21. The Kier molecular flexibility index (Phi) is 3.60. The van der Waals surface area contributed by atoms with E-state index in [0.717, 1.165) is 12.1 Å². The van der Waals surface area contributed by atoms with E-state index in [4.69, 9.17) is 5.73 Å². The largest absolute Gasteiger partial charge is 0.369 e. The SMILES string of the molecule is CC(Cn1c(N)nc2cc(F)c(Br)cc21)C(C)(C)C. The third-order valence-corrected chi connectivity index (χ3v) is 4.36. The van der Waals surface area contributed by atoms with Crippen molar-refractivity contribution in [2.24, 2.45) is 11.3 Å². The van der Waals surface area contributed by atoms with Gasteiger partial charge in [-0.3, -0.25) is 0 Å². The van der Waals surface area contributed by atoms with Crippen molar-refractivity contribution in [2.45, 2.75) is 34.2 Å². The molecule has 2 N–H and O–H groups in total. The van der Waals surface area contributed by atoms with Crippen LogP contribution in [0, 0.1) is 17.2 Å². The predicted octanol–water partition coefficient (Wildman–Crippen LogP) is 4.20. The Labute approximate surface area is 121 Å². The van der Waals surface area contributed by atoms with Crippen LogP contribution in [0.5, 0.6) is 0 Å². The number of benzene rings is 1. The van der Waals surface area contributed by atoms with E-state index in [1.165, 1.54) is 6.07 Å². The van der Waals surface area contributed by atoms with Crippen molar-refractivity contribution in [2.75, 3.05) is 5.73 Å². The predicted molar refractivity (Wildman–Crippen MR) is 80.4 cm³/mol. The van der Waals surface area contributed by atoms with Crippen molar-refractivity contribution in [1.29, 1.82) is 0 Å². The van der Waals surface area contributed by atoms with E-state index in [1.807, 2.05) is 4.57 Å². The highest BCUT2D eigenvalue weighted by molar-refractivity contribution is 9.10. The first-order valence-corrected chi connectivity index (χ1v) is 7.10. The molecule has 1 heterocycles. The van der Waals surface area contributed by atoms with Gasteiger partial charge in [-0.25, -0.2) is 9.37 Å². The molecular weight excluding hydrogens is 309 g/mol. The van der Waals surface area contributed by atoms with Gasteiger partial charge in [-0.1, -0.05) is 27.7 Å². The van der Waals surface area contributed by atoms with Gasteiger partial charge in [0.2, 0.25) is 5.95 Å². The molecular formula is C14H19BrFN3. The van der Waals surface area contributed by atoms with Gasteiger partial charge in [0, 0.05) is 12.6 Å². The summed E-state index contributed by atoms with van der Waals surface area (Å²) >= 11 is 3.21. The molecule has 19 heavy (non-hydrogen) atoms. The molecule has 1 atom stereocenters. The van der Waals surface area contributed by atoms with E-state index in [1.54, 1.807) is 6.07 Å². The first kappa shape index (κ1) is 14.3. The van der Waals surface area contributed by atoms with Gasteiger partial charge in [-0.2, -0.15) is 0 Å². The van der Waals surface area contributed by atoms with Crippen molar-refractivity contribution in [3.63, 3.8) is 0 Å². The Morgan fingerprint density at radius 3 is 2.63 bits per heavy atom. The smallest absolute Gasteiger partial charge is 0.201 e. The average molecular weight is 328 g/mol. The third kappa shape index (κ3) is 2.76. The molecule has 0 radical (unpaired) electrons. The number of hydrogen-bond donors (Lipinski definition) is 1. The van der Waals surface area contributed by atoms with E-state index < -0.39 is 0 Å². The summed E-state index contributed by atoms with van der Waals surface area (Å²) in [6.07, 6.45) is 0. The lowest BCUT2D eigenvalue weighted by atomic mass is 9.82. The van der Waals surface area contributed by atoms with Gasteiger partial charge in [0.25, 0.3) is 0 Å². The third-order valence-electron chi connectivity index (χ3n) is 3.75. The summed E-state index contributed by atoms with van der Waals surface area (Å²) in [6, 6.07) is 3.15. The number of anilines is 1. The topological polar surface area (TPSA) is 43.8 Å². The van der Waals surface area contributed by atoms with Crippen LogP contribution in [0.1, 0.15) is 27.7 Å². The average Bonchev–Trinajstić information content (AvgIpc) is 2.55. The number of hydrogen-bond acceptors (Lipinski definition) is 2. The van der Waals surface area contributed by atoms with Gasteiger partial charge < -0.3 is 10.3 Å². The molecule has 0 saturated heterocycles. The molecule has 0 aliphatic rings. The zero-order valence-electron chi connectivity index (χ0n) is 11.7. The van der Waals surface area contributed by atoms with E-state index in [0.29, 0.717) is 21.9 Å². The number of rotatable bonds is 2.